The summed E-state index contributed by atoms with van der Waals surface area (Å²) in [5, 5.41) is 10.6. The van der Waals surface area contributed by atoms with E-state index in [9.17, 15) is 9.90 Å². The molecular weight excluding hydrogens is 274 g/mol. The summed E-state index contributed by atoms with van der Waals surface area (Å²) in [6.07, 6.45) is 3.54. The van der Waals surface area contributed by atoms with Crippen molar-refractivity contribution in [3.63, 3.8) is 0 Å². The molecule has 0 unspecified atom stereocenters. The molecule has 0 saturated heterocycles. The molecule has 1 N–H and O–H groups in total. The van der Waals surface area contributed by atoms with Gasteiger partial charge in [0.25, 0.3) is 0 Å². The molecule has 6 heteroatoms. The van der Waals surface area contributed by atoms with E-state index in [-0.39, 0.29) is 11.0 Å². The van der Waals surface area contributed by atoms with Crippen molar-refractivity contribution in [2.24, 2.45) is 7.05 Å². The predicted molar refractivity (Wildman–Crippen MR) is 77.2 cm³/mol. The van der Waals surface area contributed by atoms with Gasteiger partial charge in [-0.1, -0.05) is 20.8 Å². The van der Waals surface area contributed by atoms with Crippen LogP contribution >= 0.6 is 11.8 Å². The van der Waals surface area contributed by atoms with E-state index in [1.165, 1.54) is 11.8 Å². The first kappa shape index (κ1) is 14.6. The minimum absolute atomic E-state index is 0.206. The fourth-order valence-electron chi connectivity index (χ4n) is 1.61. The van der Waals surface area contributed by atoms with Crippen molar-refractivity contribution in [3.05, 3.63) is 35.8 Å². The molecule has 0 saturated carbocycles. The van der Waals surface area contributed by atoms with E-state index >= 15 is 0 Å². The lowest BCUT2D eigenvalue weighted by Crippen LogP contribution is -2.15. The normalized spacial score (nSPS) is 11.6. The highest BCUT2D eigenvalue weighted by Gasteiger charge is 2.19. The first-order valence-corrected chi connectivity index (χ1v) is 7.00. The highest BCUT2D eigenvalue weighted by atomic mass is 32.2. The lowest BCUT2D eigenvalue weighted by Gasteiger charge is -2.19. The van der Waals surface area contributed by atoms with E-state index in [2.05, 4.69) is 9.97 Å². The second-order valence-electron chi connectivity index (χ2n) is 5.56. The molecule has 0 bridgehead atoms. The maximum Gasteiger partial charge on any atom is 0.335 e. The van der Waals surface area contributed by atoms with Gasteiger partial charge < -0.3 is 9.67 Å². The number of aromatic carboxylic acids is 1. The van der Waals surface area contributed by atoms with Crippen LogP contribution < -0.4 is 0 Å². The van der Waals surface area contributed by atoms with Crippen molar-refractivity contribution in [1.29, 1.82) is 0 Å². The van der Waals surface area contributed by atoms with E-state index in [0.717, 1.165) is 10.9 Å². The number of hydrogen-bond donors (Lipinski definition) is 1. The van der Waals surface area contributed by atoms with Crippen molar-refractivity contribution < 1.29 is 9.90 Å². The molecule has 0 aliphatic rings. The molecule has 0 aromatic carbocycles. The average Bonchev–Trinajstić information content (AvgIpc) is 2.73. The van der Waals surface area contributed by atoms with Crippen LogP contribution in [0.5, 0.6) is 0 Å². The molecule has 0 spiro atoms. The molecule has 0 aliphatic carbocycles. The van der Waals surface area contributed by atoms with E-state index in [1.54, 1.807) is 18.3 Å². The number of aromatic nitrogens is 3. The van der Waals surface area contributed by atoms with Crippen molar-refractivity contribution >= 4 is 17.7 Å². The third kappa shape index (κ3) is 3.19. The molecule has 2 aromatic heterocycles. The zero-order valence-corrected chi connectivity index (χ0v) is 12.7. The molecule has 20 heavy (non-hydrogen) atoms. The lowest BCUT2D eigenvalue weighted by molar-refractivity contribution is 0.0696. The topological polar surface area (TPSA) is 68.0 Å². The maximum atomic E-state index is 11.2. The van der Waals surface area contributed by atoms with Gasteiger partial charge in [0.2, 0.25) is 0 Å². The fourth-order valence-corrected chi connectivity index (χ4v) is 2.44. The smallest absolute Gasteiger partial charge is 0.335 e. The van der Waals surface area contributed by atoms with E-state index in [4.69, 9.17) is 0 Å². The summed E-state index contributed by atoms with van der Waals surface area (Å²) in [4.78, 5) is 20.0. The van der Waals surface area contributed by atoms with Crippen LogP contribution in [0.1, 0.15) is 36.8 Å². The van der Waals surface area contributed by atoms with Crippen LogP contribution in [0, 0.1) is 0 Å². The summed E-state index contributed by atoms with van der Waals surface area (Å²) in [6.45, 7) is 6.03. The largest absolute Gasteiger partial charge is 0.478 e. The molecule has 0 atom stereocenters. The van der Waals surface area contributed by atoms with Gasteiger partial charge in [-0.15, -0.1) is 0 Å². The number of aryl methyl sites for hydroxylation is 1. The summed E-state index contributed by atoms with van der Waals surface area (Å²) in [7, 11) is 1.89. The van der Waals surface area contributed by atoms with Crippen LogP contribution in [-0.2, 0) is 12.5 Å². The third-order valence-electron chi connectivity index (χ3n) is 2.79. The van der Waals surface area contributed by atoms with Gasteiger partial charge in [0.15, 0.2) is 5.16 Å². The van der Waals surface area contributed by atoms with E-state index < -0.39 is 5.97 Å². The highest BCUT2D eigenvalue weighted by molar-refractivity contribution is 7.99. The molecule has 5 nitrogen and oxygen atoms in total. The Kier molecular flexibility index (Phi) is 3.85. The summed E-state index contributed by atoms with van der Waals surface area (Å²) >= 11 is 1.36. The molecule has 2 aromatic rings. The molecule has 0 amide bonds. The Hall–Kier alpha value is -1.82. The average molecular weight is 291 g/mol. The number of carboxylic acids is 1. The van der Waals surface area contributed by atoms with Gasteiger partial charge in [-0.05, 0) is 23.9 Å². The summed E-state index contributed by atoms with van der Waals surface area (Å²) in [6, 6.07) is 3.21. The second-order valence-corrected chi connectivity index (χ2v) is 6.54. The molecular formula is C14H17N3O2S. The predicted octanol–water partition coefficient (Wildman–Crippen LogP) is 2.96. The number of rotatable bonds is 3. The van der Waals surface area contributed by atoms with E-state index in [1.807, 2.05) is 38.6 Å². The quantitative estimate of drug-likeness (QED) is 0.941. The van der Waals surface area contributed by atoms with Gasteiger partial charge >= 0.3 is 5.97 Å². The molecule has 0 aliphatic heterocycles. The lowest BCUT2D eigenvalue weighted by atomic mass is 9.91. The minimum Gasteiger partial charge on any atom is -0.478 e. The molecule has 0 fully saturated rings. The van der Waals surface area contributed by atoms with Crippen LogP contribution in [0.2, 0.25) is 0 Å². The summed E-state index contributed by atoms with van der Waals surface area (Å²) in [5.41, 5.74) is 0.804. The van der Waals surface area contributed by atoms with E-state index in [0.29, 0.717) is 5.03 Å². The maximum absolute atomic E-state index is 11.2. The van der Waals surface area contributed by atoms with Gasteiger partial charge in [0.1, 0.15) is 5.03 Å². The second kappa shape index (κ2) is 5.28. The van der Waals surface area contributed by atoms with Gasteiger partial charge in [-0.25, -0.2) is 14.8 Å². The Balaban J connectivity index is 2.45. The van der Waals surface area contributed by atoms with Crippen LogP contribution in [0.15, 0.2) is 34.7 Å². The Bertz CT molecular complexity index is 644. The van der Waals surface area contributed by atoms with Crippen LogP contribution in [0.25, 0.3) is 0 Å². The Labute approximate surface area is 122 Å². The Morgan fingerprint density at radius 3 is 2.55 bits per heavy atom. The summed E-state index contributed by atoms with van der Waals surface area (Å²) < 4.78 is 1.87. The van der Waals surface area contributed by atoms with Crippen molar-refractivity contribution in [1.82, 2.24) is 14.5 Å². The van der Waals surface area contributed by atoms with Crippen molar-refractivity contribution in [2.75, 3.05) is 0 Å². The molecule has 2 rings (SSSR count). The molecule has 106 valence electrons. The highest BCUT2D eigenvalue weighted by Crippen LogP contribution is 2.29. The SMILES string of the molecule is Cn1ccnc1Sc1cc(C(=O)O)cc(C(C)(C)C)n1. The zero-order chi connectivity index (χ0) is 14.9. The number of hydrogen-bond acceptors (Lipinski definition) is 4. The standard InChI is InChI=1S/C14H17N3O2S/c1-14(2,3)10-7-9(12(18)19)8-11(16-10)20-13-15-5-6-17(13)4/h5-8H,1-4H3,(H,18,19). The van der Waals surface area contributed by atoms with Crippen LogP contribution in [0.3, 0.4) is 0 Å². The van der Waals surface area contributed by atoms with Crippen LogP contribution in [-0.4, -0.2) is 25.6 Å². The fraction of sp³-hybridized carbons (Fsp3) is 0.357. The van der Waals surface area contributed by atoms with Crippen molar-refractivity contribution in [2.45, 2.75) is 36.4 Å². The number of imidazole rings is 1. The Morgan fingerprint density at radius 2 is 2.05 bits per heavy atom. The minimum atomic E-state index is -0.945. The molecule has 0 radical (unpaired) electrons. The van der Waals surface area contributed by atoms with Gasteiger partial charge in [0.05, 0.1) is 5.56 Å². The zero-order valence-electron chi connectivity index (χ0n) is 11.9. The first-order valence-electron chi connectivity index (χ1n) is 6.18. The first-order chi connectivity index (χ1) is 9.27. The van der Waals surface area contributed by atoms with Gasteiger partial charge in [-0.2, -0.15) is 0 Å². The van der Waals surface area contributed by atoms with Crippen LogP contribution in [0.4, 0.5) is 0 Å². The number of nitrogens with zero attached hydrogens (tertiary/aromatic N) is 3. The molecule has 2 heterocycles. The monoisotopic (exact) mass is 291 g/mol. The van der Waals surface area contributed by atoms with Gasteiger partial charge in [0, 0.05) is 30.6 Å². The number of carboxylic acid groups (broad SMARTS) is 1. The number of carbonyl (C=O) groups is 1. The number of pyridine rings is 1. The van der Waals surface area contributed by atoms with Crippen molar-refractivity contribution in [3.8, 4) is 0 Å². The third-order valence-corrected chi connectivity index (χ3v) is 3.78. The summed E-state index contributed by atoms with van der Waals surface area (Å²) in [5.74, 6) is -0.945. The Morgan fingerprint density at radius 1 is 1.35 bits per heavy atom. The van der Waals surface area contributed by atoms with Gasteiger partial charge in [-0.3, -0.25) is 0 Å².